The Morgan fingerprint density at radius 2 is 2.29 bits per heavy atom. The van der Waals surface area contributed by atoms with E-state index in [0.29, 0.717) is 6.04 Å². The molecule has 2 heterocycles. The Balaban J connectivity index is 1.99. The first kappa shape index (κ1) is 12.5. The standard InChI is InChI=1S/C14H23N3/c1-11-5-6-17(14(7-11)8-15)10-13-4-3-12(2)9-16-13/h3-4,9,11,14H,5-8,10,15H2,1-2H3. The van der Waals surface area contributed by atoms with Crippen LogP contribution in [0.1, 0.15) is 31.0 Å². The zero-order chi connectivity index (χ0) is 12.3. The third-order valence-electron chi connectivity index (χ3n) is 3.71. The SMILES string of the molecule is Cc1ccc(CN2CCC(C)CC2CN)nc1. The average molecular weight is 233 g/mol. The van der Waals surface area contributed by atoms with E-state index < -0.39 is 0 Å². The van der Waals surface area contributed by atoms with Crippen molar-refractivity contribution in [3.63, 3.8) is 0 Å². The smallest absolute Gasteiger partial charge is 0.0544 e. The predicted molar refractivity (Wildman–Crippen MR) is 70.6 cm³/mol. The maximum absolute atomic E-state index is 5.87. The quantitative estimate of drug-likeness (QED) is 0.867. The molecule has 1 aromatic heterocycles. The zero-order valence-corrected chi connectivity index (χ0v) is 10.9. The molecule has 17 heavy (non-hydrogen) atoms. The highest BCUT2D eigenvalue weighted by Gasteiger charge is 2.25. The number of hydrogen-bond donors (Lipinski definition) is 1. The van der Waals surface area contributed by atoms with E-state index in [2.05, 4.69) is 35.9 Å². The molecule has 2 unspecified atom stereocenters. The van der Waals surface area contributed by atoms with Crippen LogP contribution in [0.25, 0.3) is 0 Å². The Hall–Kier alpha value is -0.930. The Morgan fingerprint density at radius 3 is 2.94 bits per heavy atom. The lowest BCUT2D eigenvalue weighted by Crippen LogP contribution is -2.45. The fourth-order valence-electron chi connectivity index (χ4n) is 2.55. The van der Waals surface area contributed by atoms with Crippen LogP contribution >= 0.6 is 0 Å². The molecule has 0 radical (unpaired) electrons. The lowest BCUT2D eigenvalue weighted by Gasteiger charge is -2.37. The van der Waals surface area contributed by atoms with E-state index >= 15 is 0 Å². The Morgan fingerprint density at radius 1 is 1.47 bits per heavy atom. The minimum Gasteiger partial charge on any atom is -0.329 e. The second kappa shape index (κ2) is 5.61. The molecule has 0 aliphatic carbocycles. The van der Waals surface area contributed by atoms with Crippen molar-refractivity contribution in [2.75, 3.05) is 13.1 Å². The lowest BCUT2D eigenvalue weighted by molar-refractivity contribution is 0.114. The molecule has 1 fully saturated rings. The number of hydrogen-bond acceptors (Lipinski definition) is 3. The fraction of sp³-hybridized carbons (Fsp3) is 0.643. The van der Waals surface area contributed by atoms with Crippen molar-refractivity contribution in [2.24, 2.45) is 11.7 Å². The lowest BCUT2D eigenvalue weighted by atomic mass is 9.92. The summed E-state index contributed by atoms with van der Waals surface area (Å²) in [5.41, 5.74) is 8.25. The fourth-order valence-corrected chi connectivity index (χ4v) is 2.55. The van der Waals surface area contributed by atoms with E-state index in [0.717, 1.165) is 31.2 Å². The van der Waals surface area contributed by atoms with Gasteiger partial charge < -0.3 is 5.73 Å². The molecular weight excluding hydrogens is 210 g/mol. The van der Waals surface area contributed by atoms with Crippen molar-refractivity contribution < 1.29 is 0 Å². The molecule has 0 aromatic carbocycles. The highest BCUT2D eigenvalue weighted by Crippen LogP contribution is 2.23. The molecule has 0 saturated carbocycles. The number of likely N-dealkylation sites (tertiary alicyclic amines) is 1. The molecule has 1 aliphatic rings. The van der Waals surface area contributed by atoms with Gasteiger partial charge in [0.15, 0.2) is 0 Å². The van der Waals surface area contributed by atoms with E-state index in [-0.39, 0.29) is 0 Å². The van der Waals surface area contributed by atoms with E-state index in [1.54, 1.807) is 0 Å². The number of aromatic nitrogens is 1. The topological polar surface area (TPSA) is 42.1 Å². The van der Waals surface area contributed by atoms with Gasteiger partial charge in [-0.25, -0.2) is 0 Å². The minimum absolute atomic E-state index is 0.529. The average Bonchev–Trinajstić information content (AvgIpc) is 2.34. The Bertz CT molecular complexity index is 347. The monoisotopic (exact) mass is 233 g/mol. The van der Waals surface area contributed by atoms with Crippen LogP contribution in [-0.4, -0.2) is 29.0 Å². The van der Waals surface area contributed by atoms with Gasteiger partial charge in [0.05, 0.1) is 5.69 Å². The Kier molecular flexibility index (Phi) is 4.13. The molecule has 3 nitrogen and oxygen atoms in total. The largest absolute Gasteiger partial charge is 0.329 e. The van der Waals surface area contributed by atoms with Crippen LogP contribution in [0.5, 0.6) is 0 Å². The van der Waals surface area contributed by atoms with Crippen molar-refractivity contribution in [3.05, 3.63) is 29.6 Å². The zero-order valence-electron chi connectivity index (χ0n) is 10.9. The summed E-state index contributed by atoms with van der Waals surface area (Å²) < 4.78 is 0. The molecule has 94 valence electrons. The second-order valence-electron chi connectivity index (χ2n) is 5.32. The van der Waals surface area contributed by atoms with Gasteiger partial charge in [-0.2, -0.15) is 0 Å². The van der Waals surface area contributed by atoms with Crippen LogP contribution in [0.15, 0.2) is 18.3 Å². The maximum Gasteiger partial charge on any atom is 0.0544 e. The van der Waals surface area contributed by atoms with Gasteiger partial charge in [-0.05, 0) is 43.9 Å². The molecule has 3 heteroatoms. The van der Waals surface area contributed by atoms with Crippen LogP contribution in [0.2, 0.25) is 0 Å². The van der Waals surface area contributed by atoms with Crippen molar-refractivity contribution in [3.8, 4) is 0 Å². The van der Waals surface area contributed by atoms with Gasteiger partial charge in [0.2, 0.25) is 0 Å². The predicted octanol–water partition coefficient (Wildman–Crippen LogP) is 1.95. The number of aryl methyl sites for hydroxylation is 1. The summed E-state index contributed by atoms with van der Waals surface area (Å²) in [5.74, 6) is 0.811. The number of rotatable bonds is 3. The first-order chi connectivity index (χ1) is 8.19. The van der Waals surface area contributed by atoms with E-state index in [9.17, 15) is 0 Å². The van der Waals surface area contributed by atoms with Crippen molar-refractivity contribution in [1.82, 2.24) is 9.88 Å². The van der Waals surface area contributed by atoms with Gasteiger partial charge in [-0.3, -0.25) is 9.88 Å². The highest BCUT2D eigenvalue weighted by molar-refractivity contribution is 5.12. The van der Waals surface area contributed by atoms with E-state index in [4.69, 9.17) is 5.73 Å². The molecule has 1 saturated heterocycles. The number of nitrogens with zero attached hydrogens (tertiary/aromatic N) is 2. The van der Waals surface area contributed by atoms with Crippen LogP contribution in [0.3, 0.4) is 0 Å². The minimum atomic E-state index is 0.529. The molecular formula is C14H23N3. The van der Waals surface area contributed by atoms with Crippen molar-refractivity contribution in [2.45, 2.75) is 39.3 Å². The third kappa shape index (κ3) is 3.27. The van der Waals surface area contributed by atoms with Crippen LogP contribution in [0.4, 0.5) is 0 Å². The summed E-state index contributed by atoms with van der Waals surface area (Å²) in [6, 6.07) is 4.79. The van der Waals surface area contributed by atoms with Gasteiger partial charge in [-0.15, -0.1) is 0 Å². The summed E-state index contributed by atoms with van der Waals surface area (Å²) >= 11 is 0. The summed E-state index contributed by atoms with van der Waals surface area (Å²) in [5, 5.41) is 0. The third-order valence-corrected chi connectivity index (χ3v) is 3.71. The van der Waals surface area contributed by atoms with E-state index in [1.807, 2.05) is 6.20 Å². The van der Waals surface area contributed by atoms with Gasteiger partial charge in [-0.1, -0.05) is 13.0 Å². The number of pyridine rings is 1. The molecule has 2 atom stereocenters. The van der Waals surface area contributed by atoms with E-state index in [1.165, 1.54) is 18.4 Å². The van der Waals surface area contributed by atoms with Gasteiger partial charge in [0, 0.05) is 25.3 Å². The van der Waals surface area contributed by atoms with Crippen molar-refractivity contribution in [1.29, 1.82) is 0 Å². The summed E-state index contributed by atoms with van der Waals surface area (Å²) in [4.78, 5) is 6.96. The second-order valence-corrected chi connectivity index (χ2v) is 5.32. The molecule has 0 bridgehead atoms. The van der Waals surface area contributed by atoms with Gasteiger partial charge in [0.1, 0.15) is 0 Å². The molecule has 0 spiro atoms. The molecule has 1 aliphatic heterocycles. The molecule has 2 rings (SSSR count). The Labute approximate surface area is 104 Å². The highest BCUT2D eigenvalue weighted by atomic mass is 15.2. The first-order valence-corrected chi connectivity index (χ1v) is 6.54. The summed E-state index contributed by atoms with van der Waals surface area (Å²) in [6.45, 7) is 7.25. The van der Waals surface area contributed by atoms with Crippen LogP contribution in [0, 0.1) is 12.8 Å². The normalized spacial score (nSPS) is 26.1. The molecule has 1 aromatic rings. The summed E-state index contributed by atoms with van der Waals surface area (Å²) in [7, 11) is 0. The van der Waals surface area contributed by atoms with Crippen molar-refractivity contribution >= 4 is 0 Å². The first-order valence-electron chi connectivity index (χ1n) is 6.54. The molecule has 2 N–H and O–H groups in total. The number of nitrogens with two attached hydrogens (primary N) is 1. The van der Waals surface area contributed by atoms with Gasteiger partial charge in [0.25, 0.3) is 0 Å². The molecule has 0 amide bonds. The van der Waals surface area contributed by atoms with Crippen LogP contribution in [-0.2, 0) is 6.54 Å². The van der Waals surface area contributed by atoms with Crippen LogP contribution < -0.4 is 5.73 Å². The van der Waals surface area contributed by atoms with Gasteiger partial charge >= 0.3 is 0 Å². The maximum atomic E-state index is 5.87. The number of piperidine rings is 1. The summed E-state index contributed by atoms with van der Waals surface area (Å²) in [6.07, 6.45) is 4.45.